The summed E-state index contributed by atoms with van der Waals surface area (Å²) in [6.07, 6.45) is 0. The van der Waals surface area contributed by atoms with Gasteiger partial charge in [0.15, 0.2) is 17.5 Å². The summed E-state index contributed by atoms with van der Waals surface area (Å²) in [4.78, 5) is 15.9. The maximum Gasteiger partial charge on any atom is 0.164 e. The van der Waals surface area contributed by atoms with Crippen molar-refractivity contribution in [2.75, 3.05) is 0 Å². The Morgan fingerprint density at radius 3 is 1.42 bits per heavy atom. The van der Waals surface area contributed by atoms with Crippen LogP contribution in [0.3, 0.4) is 0 Å². The van der Waals surface area contributed by atoms with Crippen LogP contribution in [-0.2, 0) is 0 Å². The first kappa shape index (κ1) is 35.2. The highest BCUT2D eigenvalue weighted by Crippen LogP contribution is 2.41. The monoisotopic (exact) mass is 763 g/mol. The fourth-order valence-electron chi connectivity index (χ4n) is 8.62. The second kappa shape index (κ2) is 15.1. The second-order valence-corrected chi connectivity index (χ2v) is 15.1. The first-order valence-corrected chi connectivity index (χ1v) is 20.4. The number of hydrogen-bond donors (Lipinski definition) is 0. The molecule has 0 fully saturated rings. The second-order valence-electron chi connectivity index (χ2n) is 15.1. The van der Waals surface area contributed by atoms with Gasteiger partial charge in [0, 0.05) is 16.7 Å². The number of aromatic nitrogens is 3. The van der Waals surface area contributed by atoms with Crippen molar-refractivity contribution >= 4 is 32.3 Å². The van der Waals surface area contributed by atoms with Gasteiger partial charge >= 0.3 is 0 Å². The van der Waals surface area contributed by atoms with Gasteiger partial charge in [-0.3, -0.25) is 0 Å². The predicted octanol–water partition coefficient (Wildman–Crippen LogP) is 15.0. The molecule has 0 saturated carbocycles. The molecule has 0 aliphatic carbocycles. The lowest BCUT2D eigenvalue weighted by molar-refractivity contribution is 1.07. The third kappa shape index (κ3) is 6.39. The van der Waals surface area contributed by atoms with Crippen LogP contribution in [0.5, 0.6) is 0 Å². The minimum absolute atomic E-state index is 0.615. The molecule has 0 spiro atoms. The standard InChI is InChI=1S/C57H37N3/c1-4-16-38(17-5-1)44-33-35-51(52(36-44)40-20-8-3-9-21-40)57-59-55(58-56(60-57)50-27-15-14-24-46(50)39-18-6-2-7-19-39)43-30-28-42(29-31-43)54-48-26-13-11-23-45(48)37-53-47-25-12-10-22-41(47)32-34-49(53)54/h1-37H. The Bertz CT molecular complexity index is 3340. The van der Waals surface area contributed by atoms with Crippen LogP contribution in [0.2, 0.25) is 0 Å². The smallest absolute Gasteiger partial charge is 0.164 e. The van der Waals surface area contributed by atoms with Crippen molar-refractivity contribution < 1.29 is 0 Å². The molecule has 0 radical (unpaired) electrons. The van der Waals surface area contributed by atoms with Gasteiger partial charge in [-0.05, 0) is 95.0 Å². The van der Waals surface area contributed by atoms with Crippen molar-refractivity contribution in [3.05, 3.63) is 224 Å². The minimum Gasteiger partial charge on any atom is -0.208 e. The van der Waals surface area contributed by atoms with Crippen molar-refractivity contribution in [3.63, 3.8) is 0 Å². The summed E-state index contributed by atoms with van der Waals surface area (Å²) in [5.74, 6) is 1.85. The van der Waals surface area contributed by atoms with E-state index in [1.807, 2.05) is 6.07 Å². The summed E-state index contributed by atoms with van der Waals surface area (Å²) in [6.45, 7) is 0. The van der Waals surface area contributed by atoms with Crippen LogP contribution in [0, 0.1) is 0 Å². The zero-order valence-corrected chi connectivity index (χ0v) is 32.7. The first-order chi connectivity index (χ1) is 29.7. The maximum absolute atomic E-state index is 5.31. The van der Waals surface area contributed by atoms with Crippen LogP contribution in [0.4, 0.5) is 0 Å². The van der Waals surface area contributed by atoms with Gasteiger partial charge in [-0.15, -0.1) is 0 Å². The van der Waals surface area contributed by atoms with E-state index in [2.05, 4.69) is 218 Å². The third-order valence-corrected chi connectivity index (χ3v) is 11.5. The van der Waals surface area contributed by atoms with Crippen LogP contribution in [0.1, 0.15) is 0 Å². The van der Waals surface area contributed by atoms with Gasteiger partial charge < -0.3 is 0 Å². The molecular weight excluding hydrogens is 727 g/mol. The fourth-order valence-corrected chi connectivity index (χ4v) is 8.62. The quantitative estimate of drug-likeness (QED) is 0.120. The molecule has 0 unspecified atom stereocenters. The maximum atomic E-state index is 5.31. The van der Waals surface area contributed by atoms with Gasteiger partial charge in [0.2, 0.25) is 0 Å². The molecule has 0 aliphatic rings. The van der Waals surface area contributed by atoms with Crippen LogP contribution < -0.4 is 0 Å². The zero-order chi connectivity index (χ0) is 39.8. The van der Waals surface area contributed by atoms with Gasteiger partial charge in [-0.1, -0.05) is 206 Å². The molecule has 3 heteroatoms. The highest BCUT2D eigenvalue weighted by molar-refractivity contribution is 6.20. The molecule has 1 aromatic heterocycles. The molecule has 0 aliphatic heterocycles. The number of hydrogen-bond acceptors (Lipinski definition) is 3. The Hall–Kier alpha value is -8.01. The lowest BCUT2D eigenvalue weighted by Crippen LogP contribution is -2.02. The van der Waals surface area contributed by atoms with Crippen molar-refractivity contribution in [2.45, 2.75) is 0 Å². The number of benzene rings is 10. The van der Waals surface area contributed by atoms with Gasteiger partial charge in [0.05, 0.1) is 0 Å². The minimum atomic E-state index is 0.615. The first-order valence-electron chi connectivity index (χ1n) is 20.4. The molecule has 11 rings (SSSR count). The lowest BCUT2D eigenvalue weighted by Gasteiger charge is -2.16. The SMILES string of the molecule is c1ccc(-c2ccc(-c3nc(-c4ccc(-c5c6ccccc6cc6c5ccc5ccccc56)cc4)nc(-c4ccccc4-c4ccccc4)n3)c(-c3ccccc3)c2)cc1. The Morgan fingerprint density at radius 2 is 0.717 bits per heavy atom. The Kier molecular flexibility index (Phi) is 8.83. The average molecular weight is 764 g/mol. The van der Waals surface area contributed by atoms with Crippen molar-refractivity contribution in [1.29, 1.82) is 0 Å². The van der Waals surface area contributed by atoms with Gasteiger partial charge in [-0.2, -0.15) is 0 Å². The number of nitrogens with zero attached hydrogens (tertiary/aromatic N) is 3. The van der Waals surface area contributed by atoms with Gasteiger partial charge in [0.25, 0.3) is 0 Å². The van der Waals surface area contributed by atoms with Crippen LogP contribution in [0.15, 0.2) is 224 Å². The van der Waals surface area contributed by atoms with Crippen molar-refractivity contribution in [2.24, 2.45) is 0 Å². The molecule has 10 aromatic carbocycles. The number of fused-ring (bicyclic) bond motifs is 4. The van der Waals surface area contributed by atoms with Crippen LogP contribution in [-0.4, -0.2) is 15.0 Å². The molecular formula is C57H37N3. The molecule has 280 valence electrons. The molecule has 60 heavy (non-hydrogen) atoms. The summed E-state index contributed by atoms with van der Waals surface area (Å²) in [7, 11) is 0. The van der Waals surface area contributed by atoms with E-state index in [9.17, 15) is 0 Å². The van der Waals surface area contributed by atoms with Crippen molar-refractivity contribution in [3.8, 4) is 78.7 Å². The van der Waals surface area contributed by atoms with E-state index in [1.165, 1.54) is 37.9 Å². The Labute approximate surface area is 349 Å². The van der Waals surface area contributed by atoms with Gasteiger partial charge in [-0.25, -0.2) is 15.0 Å². The topological polar surface area (TPSA) is 38.7 Å². The predicted molar refractivity (Wildman–Crippen MR) is 250 cm³/mol. The highest BCUT2D eigenvalue weighted by Gasteiger charge is 2.19. The molecule has 0 saturated heterocycles. The normalized spacial score (nSPS) is 11.3. The summed E-state index contributed by atoms with van der Waals surface area (Å²) in [5, 5.41) is 7.42. The van der Waals surface area contributed by atoms with Crippen LogP contribution >= 0.6 is 0 Å². The third-order valence-electron chi connectivity index (χ3n) is 11.5. The Balaban J connectivity index is 1.11. The number of rotatable bonds is 7. The van der Waals surface area contributed by atoms with Gasteiger partial charge in [0.1, 0.15) is 0 Å². The zero-order valence-electron chi connectivity index (χ0n) is 32.7. The average Bonchev–Trinajstić information content (AvgIpc) is 3.34. The Morgan fingerprint density at radius 1 is 0.217 bits per heavy atom. The van der Waals surface area contributed by atoms with E-state index in [0.717, 1.165) is 55.6 Å². The molecule has 3 nitrogen and oxygen atoms in total. The molecule has 0 bridgehead atoms. The molecule has 0 N–H and O–H groups in total. The van der Waals surface area contributed by atoms with E-state index >= 15 is 0 Å². The molecule has 0 amide bonds. The van der Waals surface area contributed by atoms with Crippen molar-refractivity contribution in [1.82, 2.24) is 15.0 Å². The summed E-state index contributed by atoms with van der Waals surface area (Å²) in [5.41, 5.74) is 11.8. The van der Waals surface area contributed by atoms with E-state index in [0.29, 0.717) is 17.5 Å². The molecule has 0 atom stereocenters. The fraction of sp³-hybridized carbons (Fsp3) is 0. The van der Waals surface area contributed by atoms with E-state index < -0.39 is 0 Å². The van der Waals surface area contributed by atoms with E-state index in [-0.39, 0.29) is 0 Å². The largest absolute Gasteiger partial charge is 0.208 e. The summed E-state index contributed by atoms with van der Waals surface area (Å²) in [6, 6.07) is 79.4. The summed E-state index contributed by atoms with van der Waals surface area (Å²) < 4.78 is 0. The lowest BCUT2D eigenvalue weighted by atomic mass is 9.89. The molecule has 1 heterocycles. The summed E-state index contributed by atoms with van der Waals surface area (Å²) >= 11 is 0. The van der Waals surface area contributed by atoms with Crippen LogP contribution in [0.25, 0.3) is 111 Å². The van der Waals surface area contributed by atoms with E-state index in [4.69, 9.17) is 15.0 Å². The van der Waals surface area contributed by atoms with E-state index in [1.54, 1.807) is 0 Å². The highest BCUT2D eigenvalue weighted by atomic mass is 15.0. The molecule has 11 aromatic rings.